The minimum atomic E-state index is -0.702. The maximum atomic E-state index is 12.8. The summed E-state index contributed by atoms with van der Waals surface area (Å²) in [5.74, 6) is 2.02. The molecule has 5 rings (SSSR count). The number of fused-ring (bicyclic) bond motifs is 1. The van der Waals surface area contributed by atoms with Crippen LogP contribution in [0.4, 0.5) is 5.82 Å². The normalized spacial score (nSPS) is 16.0. The summed E-state index contributed by atoms with van der Waals surface area (Å²) in [6.07, 6.45) is 6.20. The van der Waals surface area contributed by atoms with Gasteiger partial charge in [-0.1, -0.05) is 13.0 Å². The summed E-state index contributed by atoms with van der Waals surface area (Å²) in [6, 6.07) is 7.54. The van der Waals surface area contributed by atoms with Crippen molar-refractivity contribution in [2.24, 2.45) is 0 Å². The van der Waals surface area contributed by atoms with Crippen LogP contribution in [0.2, 0.25) is 0 Å². The van der Waals surface area contributed by atoms with Crippen LogP contribution in [-0.4, -0.2) is 81.6 Å². The molecule has 1 fully saturated rings. The number of hydrogen-bond donors (Lipinski definition) is 3. The van der Waals surface area contributed by atoms with Crippen molar-refractivity contribution in [1.82, 2.24) is 25.1 Å². The van der Waals surface area contributed by atoms with Crippen LogP contribution < -0.4 is 15.4 Å². The molecule has 2 aromatic heterocycles. The third-order valence-corrected chi connectivity index (χ3v) is 7.61. The highest BCUT2D eigenvalue weighted by Crippen LogP contribution is 2.30. The molecule has 2 aliphatic heterocycles. The van der Waals surface area contributed by atoms with Gasteiger partial charge in [0.2, 0.25) is 5.91 Å². The number of aliphatic hydroxyl groups is 1. The predicted octanol–water partition coefficient (Wildman–Crippen LogP) is 2.53. The second kappa shape index (κ2) is 13.1. The third kappa shape index (κ3) is 7.22. The van der Waals surface area contributed by atoms with Crippen LogP contribution in [0.5, 0.6) is 5.75 Å². The van der Waals surface area contributed by atoms with Crippen LogP contribution in [0.1, 0.15) is 52.6 Å². The van der Waals surface area contributed by atoms with Gasteiger partial charge >= 0.3 is 0 Å². The minimum Gasteiger partial charge on any atom is -0.485 e. The van der Waals surface area contributed by atoms with Gasteiger partial charge in [-0.2, -0.15) is 0 Å². The van der Waals surface area contributed by atoms with E-state index < -0.39 is 6.10 Å². The summed E-state index contributed by atoms with van der Waals surface area (Å²) in [6.45, 7) is 7.84. The van der Waals surface area contributed by atoms with Crippen LogP contribution in [0.3, 0.4) is 0 Å². The molecular weight excluding hydrogens is 524 g/mol. The van der Waals surface area contributed by atoms with Crippen LogP contribution in [-0.2, 0) is 24.4 Å². The molecule has 1 atom stereocenters. The van der Waals surface area contributed by atoms with Crippen LogP contribution in [0, 0.1) is 6.92 Å². The molecule has 4 heterocycles. The molecule has 0 bridgehead atoms. The van der Waals surface area contributed by atoms with Crippen molar-refractivity contribution in [3.8, 4) is 5.75 Å². The van der Waals surface area contributed by atoms with Crippen molar-refractivity contribution in [2.75, 3.05) is 38.0 Å². The van der Waals surface area contributed by atoms with Crippen LogP contribution >= 0.6 is 0 Å². The molecule has 1 aromatic carbocycles. The summed E-state index contributed by atoms with van der Waals surface area (Å²) < 4.78 is 11.2. The number of amides is 2. The van der Waals surface area contributed by atoms with Gasteiger partial charge in [-0.25, -0.2) is 9.97 Å². The van der Waals surface area contributed by atoms with Gasteiger partial charge in [-0.05, 0) is 54.7 Å². The third-order valence-electron chi connectivity index (χ3n) is 7.61. The monoisotopic (exact) mass is 562 g/mol. The smallest absolute Gasteiger partial charge is 0.251 e. The molecule has 0 aliphatic carbocycles. The molecule has 0 spiro atoms. The highest BCUT2D eigenvalue weighted by atomic mass is 16.5. The number of benzene rings is 1. The van der Waals surface area contributed by atoms with Gasteiger partial charge in [0.25, 0.3) is 5.91 Å². The number of rotatable bonds is 12. The lowest BCUT2D eigenvalue weighted by atomic mass is 9.94. The lowest BCUT2D eigenvalue weighted by Gasteiger charge is -2.39. The molecule has 1 unspecified atom stereocenters. The fourth-order valence-corrected chi connectivity index (χ4v) is 5.33. The summed E-state index contributed by atoms with van der Waals surface area (Å²) in [5, 5.41) is 16.8. The number of nitrogens with one attached hydrogen (secondary N) is 2. The predicted molar refractivity (Wildman–Crippen MR) is 152 cm³/mol. The van der Waals surface area contributed by atoms with Gasteiger partial charge < -0.3 is 29.8 Å². The summed E-state index contributed by atoms with van der Waals surface area (Å²) in [7, 11) is 0. The Morgan fingerprint density at radius 3 is 2.90 bits per heavy atom. The first-order chi connectivity index (χ1) is 19.9. The van der Waals surface area contributed by atoms with Gasteiger partial charge in [-0.15, -0.1) is 0 Å². The topological polar surface area (TPSA) is 133 Å². The second-order valence-corrected chi connectivity index (χ2v) is 10.8. The van der Waals surface area contributed by atoms with Crippen LogP contribution in [0.25, 0.3) is 0 Å². The number of pyridine rings is 1. The van der Waals surface area contributed by atoms with Crippen molar-refractivity contribution in [2.45, 2.75) is 58.4 Å². The molecule has 218 valence electrons. The zero-order chi connectivity index (χ0) is 28.8. The van der Waals surface area contributed by atoms with E-state index in [9.17, 15) is 14.7 Å². The van der Waals surface area contributed by atoms with Gasteiger partial charge in [0.15, 0.2) is 12.2 Å². The lowest BCUT2D eigenvalue weighted by Crippen LogP contribution is -2.57. The van der Waals surface area contributed by atoms with E-state index >= 15 is 0 Å². The Balaban J connectivity index is 1.06. The summed E-state index contributed by atoms with van der Waals surface area (Å²) in [4.78, 5) is 37.0. The number of nitrogens with zero attached hydrogens (tertiary/aromatic N) is 4. The van der Waals surface area contributed by atoms with Crippen LogP contribution in [0.15, 0.2) is 47.5 Å². The van der Waals surface area contributed by atoms with E-state index in [-0.39, 0.29) is 24.4 Å². The molecule has 0 radical (unpaired) electrons. The molecule has 0 saturated carbocycles. The van der Waals surface area contributed by atoms with E-state index in [0.717, 1.165) is 37.2 Å². The average molecular weight is 563 g/mol. The lowest BCUT2D eigenvalue weighted by molar-refractivity contribution is -0.135. The molecule has 2 amide bonds. The largest absolute Gasteiger partial charge is 0.485 e. The SMILES string of the molecule is CCCC(=O)N1CC(Nc2cc(C(=O)NCC(O)CN3CCc4c(ccc(OCc5cnco5)c4C)C3)ccn2)C1. The maximum Gasteiger partial charge on any atom is 0.251 e. The fourth-order valence-electron chi connectivity index (χ4n) is 5.33. The maximum absolute atomic E-state index is 12.8. The Hall–Kier alpha value is -3.96. The molecule has 3 aromatic rings. The average Bonchev–Trinajstić information content (AvgIpc) is 3.47. The number of β-amino-alcohol motifs (C(OH)–C–C–N with tert-alkyl or cyclic N) is 1. The number of oxazole rings is 1. The molecular formula is C30H38N6O5. The first kappa shape index (κ1) is 28.6. The summed E-state index contributed by atoms with van der Waals surface area (Å²) in [5.41, 5.74) is 4.10. The Labute approximate surface area is 239 Å². The standard InChI is InChI=1S/C30H38N6O5/c1-3-4-29(38)36-15-23(16-36)34-28-11-21(7-9-32-28)30(39)33-12-24(37)17-35-10-8-26-20(2)27(6-5-22(26)14-35)40-18-25-13-31-19-41-25/h5-7,9,11,13,19,23-24,37H,3-4,8,10,12,14-18H2,1-2H3,(H,32,34)(H,33,39). The van der Waals surface area contributed by atoms with Gasteiger partial charge in [-0.3, -0.25) is 14.5 Å². The molecule has 41 heavy (non-hydrogen) atoms. The van der Waals surface area contributed by atoms with Crippen molar-refractivity contribution in [3.63, 3.8) is 0 Å². The molecule has 1 saturated heterocycles. The number of carbonyl (C=O) groups is 2. The Morgan fingerprint density at radius 1 is 1.27 bits per heavy atom. The Bertz CT molecular complexity index is 1340. The number of hydrogen-bond acceptors (Lipinski definition) is 9. The van der Waals surface area contributed by atoms with Gasteiger partial charge in [0.05, 0.1) is 18.3 Å². The highest BCUT2D eigenvalue weighted by molar-refractivity contribution is 5.94. The van der Waals surface area contributed by atoms with Crippen molar-refractivity contribution >= 4 is 17.6 Å². The van der Waals surface area contributed by atoms with Crippen molar-refractivity contribution in [1.29, 1.82) is 0 Å². The molecule has 11 heteroatoms. The van der Waals surface area contributed by atoms with E-state index in [1.165, 1.54) is 17.5 Å². The van der Waals surface area contributed by atoms with E-state index in [1.807, 2.05) is 17.9 Å². The first-order valence-electron chi connectivity index (χ1n) is 14.2. The molecule has 2 aliphatic rings. The summed E-state index contributed by atoms with van der Waals surface area (Å²) >= 11 is 0. The molecule has 11 nitrogen and oxygen atoms in total. The fraction of sp³-hybridized carbons (Fsp3) is 0.467. The van der Waals surface area contributed by atoms with E-state index in [2.05, 4.69) is 38.5 Å². The van der Waals surface area contributed by atoms with Gasteiger partial charge in [0, 0.05) is 57.4 Å². The first-order valence-corrected chi connectivity index (χ1v) is 14.2. The highest BCUT2D eigenvalue weighted by Gasteiger charge is 2.30. The zero-order valence-corrected chi connectivity index (χ0v) is 23.6. The quantitative estimate of drug-likeness (QED) is 0.305. The van der Waals surface area contributed by atoms with Crippen molar-refractivity contribution < 1.29 is 23.8 Å². The number of anilines is 1. The number of aromatic nitrogens is 2. The number of aliphatic hydroxyl groups excluding tert-OH is 1. The van der Waals surface area contributed by atoms with E-state index in [0.29, 0.717) is 49.8 Å². The number of likely N-dealkylation sites (tertiary alicyclic amines) is 1. The molecule has 3 N–H and O–H groups in total. The Morgan fingerprint density at radius 2 is 2.12 bits per heavy atom. The zero-order valence-electron chi connectivity index (χ0n) is 23.6. The number of ether oxygens (including phenoxy) is 1. The number of carbonyl (C=O) groups excluding carboxylic acids is 2. The second-order valence-electron chi connectivity index (χ2n) is 10.8. The Kier molecular flexibility index (Phi) is 9.15. The minimum absolute atomic E-state index is 0.125. The van der Waals surface area contributed by atoms with Crippen molar-refractivity contribution in [3.05, 3.63) is 71.1 Å². The van der Waals surface area contributed by atoms with Gasteiger partial charge in [0.1, 0.15) is 18.2 Å². The van der Waals surface area contributed by atoms with E-state index in [4.69, 9.17) is 9.15 Å². The van der Waals surface area contributed by atoms with E-state index in [1.54, 1.807) is 24.5 Å².